The van der Waals surface area contributed by atoms with Crippen LogP contribution in [0.4, 0.5) is 13.2 Å². The van der Waals surface area contributed by atoms with E-state index in [1.807, 2.05) is 0 Å². The first-order valence-corrected chi connectivity index (χ1v) is 9.25. The van der Waals surface area contributed by atoms with E-state index in [1.54, 1.807) is 11.9 Å². The summed E-state index contributed by atoms with van der Waals surface area (Å²) in [5.74, 6) is 0.454. The molecular weight excluding hydrogens is 373 g/mol. The van der Waals surface area contributed by atoms with Crippen LogP contribution in [0.25, 0.3) is 0 Å². The molecule has 150 valence electrons. The summed E-state index contributed by atoms with van der Waals surface area (Å²) >= 11 is 0. The smallest absolute Gasteiger partial charge is 0.339 e. The zero-order valence-electron chi connectivity index (χ0n) is 15.4. The average Bonchev–Trinajstić information content (AvgIpc) is 3.11. The Morgan fingerprint density at radius 1 is 1.25 bits per heavy atom. The number of halogens is 3. The molecule has 1 aliphatic carbocycles. The number of piperidine rings is 1. The van der Waals surface area contributed by atoms with Crippen LogP contribution >= 0.6 is 0 Å². The average molecular weight is 394 g/mol. The molecule has 1 saturated heterocycles. The quantitative estimate of drug-likeness (QED) is 0.861. The molecule has 1 amide bonds. The van der Waals surface area contributed by atoms with E-state index in [2.05, 4.69) is 10.1 Å². The fraction of sp³-hybridized carbons (Fsp3) is 0.526. The summed E-state index contributed by atoms with van der Waals surface area (Å²) in [6.45, 7) is 0. The predicted octanol–water partition coefficient (Wildman–Crippen LogP) is 3.50. The lowest BCUT2D eigenvalue weighted by molar-refractivity contribution is -0.138. The third-order valence-electron chi connectivity index (χ3n) is 5.89. The van der Waals surface area contributed by atoms with Crippen molar-refractivity contribution in [2.24, 2.45) is 5.73 Å². The first kappa shape index (κ1) is 18.9. The van der Waals surface area contributed by atoms with Crippen LogP contribution in [-0.2, 0) is 16.5 Å². The number of benzene rings is 1. The van der Waals surface area contributed by atoms with Gasteiger partial charge in [0.2, 0.25) is 11.8 Å². The summed E-state index contributed by atoms with van der Waals surface area (Å²) in [7, 11) is 1.64. The van der Waals surface area contributed by atoms with Crippen LogP contribution in [0.1, 0.15) is 66.9 Å². The normalized spacial score (nSPS) is 24.9. The molecule has 6 nitrogen and oxygen atoms in total. The molecule has 2 unspecified atom stereocenters. The Kier molecular flexibility index (Phi) is 4.45. The molecule has 28 heavy (non-hydrogen) atoms. The highest BCUT2D eigenvalue weighted by atomic mass is 19.4. The van der Waals surface area contributed by atoms with Crippen LogP contribution in [0.3, 0.4) is 0 Å². The summed E-state index contributed by atoms with van der Waals surface area (Å²) < 4.78 is 44.1. The third kappa shape index (κ3) is 3.17. The number of hydrogen-bond acceptors (Lipinski definition) is 5. The van der Waals surface area contributed by atoms with Crippen LogP contribution in [0, 0.1) is 0 Å². The molecule has 2 aliphatic rings. The Balaban J connectivity index is 1.67. The highest BCUT2D eigenvalue weighted by Crippen LogP contribution is 2.44. The van der Waals surface area contributed by atoms with Gasteiger partial charge in [-0.3, -0.25) is 4.79 Å². The van der Waals surface area contributed by atoms with Gasteiger partial charge >= 0.3 is 6.18 Å². The SMILES string of the molecule is CN1C(=O)CCC(c2nc(C3(N)CCC3)no2)C1c1ccc(C(F)(F)F)cc1. The molecule has 0 radical (unpaired) electrons. The number of nitrogens with zero attached hydrogens (tertiary/aromatic N) is 3. The second-order valence-electron chi connectivity index (χ2n) is 7.68. The number of rotatable bonds is 3. The molecule has 2 aromatic rings. The molecule has 1 aromatic heterocycles. The van der Waals surface area contributed by atoms with Crippen molar-refractivity contribution in [3.63, 3.8) is 0 Å². The molecule has 9 heteroatoms. The summed E-state index contributed by atoms with van der Waals surface area (Å²) in [6, 6.07) is 4.39. The molecule has 2 atom stereocenters. The lowest BCUT2D eigenvalue weighted by Gasteiger charge is -2.38. The van der Waals surface area contributed by atoms with E-state index in [9.17, 15) is 18.0 Å². The molecule has 1 saturated carbocycles. The van der Waals surface area contributed by atoms with Crippen molar-refractivity contribution >= 4 is 5.91 Å². The molecule has 2 N–H and O–H groups in total. The van der Waals surface area contributed by atoms with Gasteiger partial charge in [-0.25, -0.2) is 0 Å². The summed E-state index contributed by atoms with van der Waals surface area (Å²) in [6.07, 6.45) is -1.03. The molecule has 1 aromatic carbocycles. The van der Waals surface area contributed by atoms with Crippen molar-refractivity contribution in [3.05, 3.63) is 47.1 Å². The minimum absolute atomic E-state index is 0.0739. The van der Waals surface area contributed by atoms with Gasteiger partial charge in [-0.2, -0.15) is 18.2 Å². The van der Waals surface area contributed by atoms with Gasteiger partial charge in [0, 0.05) is 13.5 Å². The first-order chi connectivity index (χ1) is 13.2. The van der Waals surface area contributed by atoms with E-state index in [0.717, 1.165) is 31.4 Å². The van der Waals surface area contributed by atoms with Gasteiger partial charge in [-0.05, 0) is 43.4 Å². The Labute approximate surface area is 159 Å². The van der Waals surface area contributed by atoms with Crippen LogP contribution in [0.5, 0.6) is 0 Å². The molecule has 4 rings (SSSR count). The van der Waals surface area contributed by atoms with Crippen LogP contribution < -0.4 is 5.73 Å². The Morgan fingerprint density at radius 3 is 2.50 bits per heavy atom. The molecule has 1 aliphatic heterocycles. The zero-order chi connectivity index (χ0) is 20.1. The minimum atomic E-state index is -4.41. The monoisotopic (exact) mass is 394 g/mol. The van der Waals surface area contributed by atoms with E-state index in [0.29, 0.717) is 30.1 Å². The minimum Gasteiger partial charge on any atom is -0.339 e. The molecule has 0 bridgehead atoms. The highest BCUT2D eigenvalue weighted by Gasteiger charge is 2.43. The Morgan fingerprint density at radius 2 is 1.93 bits per heavy atom. The van der Waals surface area contributed by atoms with Crippen molar-refractivity contribution in [3.8, 4) is 0 Å². The van der Waals surface area contributed by atoms with Crippen LogP contribution in [0.2, 0.25) is 0 Å². The van der Waals surface area contributed by atoms with Gasteiger partial charge in [-0.1, -0.05) is 17.3 Å². The highest BCUT2D eigenvalue weighted by molar-refractivity contribution is 5.77. The van der Waals surface area contributed by atoms with Crippen molar-refractivity contribution in [1.82, 2.24) is 15.0 Å². The number of likely N-dealkylation sites (tertiary alicyclic amines) is 1. The van der Waals surface area contributed by atoms with Gasteiger partial charge in [0.25, 0.3) is 0 Å². The van der Waals surface area contributed by atoms with E-state index in [4.69, 9.17) is 10.3 Å². The van der Waals surface area contributed by atoms with Gasteiger partial charge < -0.3 is 15.2 Å². The maximum Gasteiger partial charge on any atom is 0.416 e. The van der Waals surface area contributed by atoms with E-state index < -0.39 is 23.3 Å². The summed E-state index contributed by atoms with van der Waals surface area (Å²) in [5, 5.41) is 4.04. The number of amides is 1. The van der Waals surface area contributed by atoms with Gasteiger partial charge in [-0.15, -0.1) is 0 Å². The summed E-state index contributed by atoms with van der Waals surface area (Å²) in [4.78, 5) is 18.3. The Bertz CT molecular complexity index is 874. The molecular formula is C19H21F3N4O2. The Hall–Kier alpha value is -2.42. The number of alkyl halides is 3. The predicted molar refractivity (Wildman–Crippen MR) is 92.9 cm³/mol. The number of carbonyl (C=O) groups excluding carboxylic acids is 1. The van der Waals surface area contributed by atoms with Crippen molar-refractivity contribution in [2.45, 2.75) is 55.8 Å². The second-order valence-corrected chi connectivity index (χ2v) is 7.68. The second kappa shape index (κ2) is 6.58. The number of nitrogens with two attached hydrogens (primary N) is 1. The number of aromatic nitrogens is 2. The molecule has 2 heterocycles. The van der Waals surface area contributed by atoms with Crippen LogP contribution in [0.15, 0.2) is 28.8 Å². The van der Waals surface area contributed by atoms with Crippen molar-refractivity contribution in [2.75, 3.05) is 7.05 Å². The van der Waals surface area contributed by atoms with Crippen molar-refractivity contribution in [1.29, 1.82) is 0 Å². The van der Waals surface area contributed by atoms with Gasteiger partial charge in [0.05, 0.1) is 23.1 Å². The number of hydrogen-bond donors (Lipinski definition) is 1. The van der Waals surface area contributed by atoms with E-state index in [-0.39, 0.29) is 11.8 Å². The maximum absolute atomic E-state index is 12.9. The molecule has 2 fully saturated rings. The first-order valence-electron chi connectivity index (χ1n) is 9.25. The van der Waals surface area contributed by atoms with E-state index >= 15 is 0 Å². The van der Waals surface area contributed by atoms with E-state index in [1.165, 1.54) is 12.1 Å². The fourth-order valence-corrected chi connectivity index (χ4v) is 3.99. The largest absolute Gasteiger partial charge is 0.416 e. The zero-order valence-corrected chi connectivity index (χ0v) is 15.4. The lowest BCUT2D eigenvalue weighted by Crippen LogP contribution is -2.44. The maximum atomic E-state index is 12.9. The lowest BCUT2D eigenvalue weighted by atomic mass is 9.77. The van der Waals surface area contributed by atoms with Crippen molar-refractivity contribution < 1.29 is 22.5 Å². The third-order valence-corrected chi connectivity index (χ3v) is 5.89. The summed E-state index contributed by atoms with van der Waals surface area (Å²) in [5.41, 5.74) is 5.56. The van der Waals surface area contributed by atoms with Gasteiger partial charge in [0.15, 0.2) is 5.82 Å². The topological polar surface area (TPSA) is 85.2 Å². The van der Waals surface area contributed by atoms with Gasteiger partial charge in [0.1, 0.15) is 0 Å². The number of likely N-dealkylation sites (N-methyl/N-ethyl adjacent to an activating group) is 1. The standard InChI is InChI=1S/C19H21F3N4O2/c1-26-14(27)8-7-13(16-24-17(25-28-16)18(23)9-2-10-18)15(26)11-3-5-12(6-4-11)19(20,21)22/h3-6,13,15H,2,7-10,23H2,1H3. The fourth-order valence-electron chi connectivity index (χ4n) is 3.99. The van der Waals surface area contributed by atoms with Crippen LogP contribution in [-0.4, -0.2) is 28.0 Å². The molecule has 0 spiro atoms. The number of carbonyl (C=O) groups is 1.